The van der Waals surface area contributed by atoms with Crippen LogP contribution in [0, 0.1) is 0 Å². The van der Waals surface area contributed by atoms with Crippen LogP contribution in [0.1, 0.15) is 19.4 Å². The van der Waals surface area contributed by atoms with E-state index in [2.05, 4.69) is 5.32 Å². The van der Waals surface area contributed by atoms with E-state index >= 15 is 0 Å². The molecule has 0 aromatic heterocycles. The maximum Gasteiger partial charge on any atom is 0.313 e. The van der Waals surface area contributed by atoms with Crippen molar-refractivity contribution in [2.45, 2.75) is 19.3 Å². The van der Waals surface area contributed by atoms with Crippen molar-refractivity contribution >= 4 is 29.3 Å². The topological polar surface area (TPSA) is 66.4 Å². The SMILES string of the molecule is CSCC(=O)Nc1ccc(C(C)(C)C(=O)O)cc1. The lowest BCUT2D eigenvalue weighted by Gasteiger charge is -2.19. The van der Waals surface area contributed by atoms with Gasteiger partial charge in [-0.2, -0.15) is 11.8 Å². The summed E-state index contributed by atoms with van der Waals surface area (Å²) in [5, 5.41) is 11.9. The van der Waals surface area contributed by atoms with Crippen LogP contribution in [0.5, 0.6) is 0 Å². The molecule has 0 aliphatic carbocycles. The molecule has 18 heavy (non-hydrogen) atoms. The Morgan fingerprint density at radius 3 is 2.28 bits per heavy atom. The summed E-state index contributed by atoms with van der Waals surface area (Å²) in [5.74, 6) is -0.531. The molecule has 4 nitrogen and oxygen atoms in total. The smallest absolute Gasteiger partial charge is 0.313 e. The molecule has 0 radical (unpaired) electrons. The molecule has 1 amide bonds. The number of carboxylic acid groups (broad SMARTS) is 1. The van der Waals surface area contributed by atoms with Gasteiger partial charge < -0.3 is 10.4 Å². The Balaban J connectivity index is 2.80. The van der Waals surface area contributed by atoms with Gasteiger partial charge in [-0.25, -0.2) is 0 Å². The number of carbonyl (C=O) groups excluding carboxylic acids is 1. The Morgan fingerprint density at radius 1 is 1.28 bits per heavy atom. The van der Waals surface area contributed by atoms with Gasteiger partial charge in [0.2, 0.25) is 5.91 Å². The fourth-order valence-corrected chi connectivity index (χ4v) is 1.76. The molecular weight excluding hydrogens is 250 g/mol. The fraction of sp³-hybridized carbons (Fsp3) is 0.385. The maximum absolute atomic E-state index is 11.4. The summed E-state index contributed by atoms with van der Waals surface area (Å²) in [5.41, 5.74) is 0.457. The molecule has 0 bridgehead atoms. The lowest BCUT2D eigenvalue weighted by molar-refractivity contribution is -0.142. The third kappa shape index (κ3) is 3.50. The van der Waals surface area contributed by atoms with Crippen LogP contribution in [0.2, 0.25) is 0 Å². The van der Waals surface area contributed by atoms with Gasteiger partial charge in [-0.05, 0) is 37.8 Å². The molecule has 0 aliphatic rings. The molecule has 2 N–H and O–H groups in total. The molecule has 0 aliphatic heterocycles. The molecule has 5 heteroatoms. The van der Waals surface area contributed by atoms with Crippen molar-refractivity contribution in [1.82, 2.24) is 0 Å². The van der Waals surface area contributed by atoms with Crippen molar-refractivity contribution in [1.29, 1.82) is 0 Å². The van der Waals surface area contributed by atoms with Crippen molar-refractivity contribution in [3.63, 3.8) is 0 Å². The third-order valence-corrected chi connectivity index (χ3v) is 3.25. The largest absolute Gasteiger partial charge is 0.481 e. The molecule has 0 unspecified atom stereocenters. The Kier molecular flexibility index (Phi) is 4.78. The molecule has 0 atom stereocenters. The predicted octanol–water partition coefficient (Wildman–Crippen LogP) is 2.35. The highest BCUT2D eigenvalue weighted by Crippen LogP contribution is 2.24. The first-order chi connectivity index (χ1) is 8.37. The van der Waals surface area contributed by atoms with Crippen LogP contribution in [0.4, 0.5) is 5.69 Å². The number of amides is 1. The zero-order chi connectivity index (χ0) is 13.8. The number of carboxylic acids is 1. The van der Waals surface area contributed by atoms with E-state index < -0.39 is 11.4 Å². The number of rotatable bonds is 5. The second kappa shape index (κ2) is 5.91. The van der Waals surface area contributed by atoms with E-state index in [1.807, 2.05) is 6.26 Å². The number of anilines is 1. The Morgan fingerprint density at radius 2 is 1.83 bits per heavy atom. The summed E-state index contributed by atoms with van der Waals surface area (Å²) in [7, 11) is 0. The van der Waals surface area contributed by atoms with Crippen LogP contribution in [-0.4, -0.2) is 29.0 Å². The number of benzene rings is 1. The fourth-order valence-electron chi connectivity index (χ4n) is 1.42. The van der Waals surface area contributed by atoms with Gasteiger partial charge in [0.1, 0.15) is 0 Å². The molecular formula is C13H17NO3S. The van der Waals surface area contributed by atoms with Crippen LogP contribution in [0.3, 0.4) is 0 Å². The molecule has 1 rings (SSSR count). The summed E-state index contributed by atoms with van der Waals surface area (Å²) < 4.78 is 0. The molecule has 0 saturated heterocycles. The summed E-state index contributed by atoms with van der Waals surface area (Å²) in [4.78, 5) is 22.5. The van der Waals surface area contributed by atoms with E-state index in [1.165, 1.54) is 11.8 Å². The first kappa shape index (κ1) is 14.6. The van der Waals surface area contributed by atoms with E-state index in [-0.39, 0.29) is 5.91 Å². The molecule has 0 saturated carbocycles. The van der Waals surface area contributed by atoms with E-state index in [9.17, 15) is 9.59 Å². The predicted molar refractivity (Wildman–Crippen MR) is 74.1 cm³/mol. The van der Waals surface area contributed by atoms with E-state index in [4.69, 9.17) is 5.11 Å². The van der Waals surface area contributed by atoms with E-state index in [0.29, 0.717) is 17.0 Å². The number of hydrogen-bond donors (Lipinski definition) is 2. The van der Waals surface area contributed by atoms with Crippen molar-refractivity contribution in [3.05, 3.63) is 29.8 Å². The van der Waals surface area contributed by atoms with Crippen LogP contribution < -0.4 is 5.32 Å². The summed E-state index contributed by atoms with van der Waals surface area (Å²) >= 11 is 1.45. The first-order valence-electron chi connectivity index (χ1n) is 5.50. The summed E-state index contributed by atoms with van der Waals surface area (Å²) in [6.45, 7) is 3.30. The number of aliphatic carboxylic acids is 1. The second-order valence-corrected chi connectivity index (χ2v) is 5.35. The quantitative estimate of drug-likeness (QED) is 0.859. The van der Waals surface area contributed by atoms with Gasteiger partial charge in [-0.1, -0.05) is 12.1 Å². The van der Waals surface area contributed by atoms with Crippen LogP contribution in [0.15, 0.2) is 24.3 Å². The molecule has 0 heterocycles. The molecule has 1 aromatic rings. The van der Waals surface area contributed by atoms with E-state index in [0.717, 1.165) is 0 Å². The van der Waals surface area contributed by atoms with Crippen LogP contribution in [0.25, 0.3) is 0 Å². The first-order valence-corrected chi connectivity index (χ1v) is 6.90. The van der Waals surface area contributed by atoms with Gasteiger partial charge >= 0.3 is 5.97 Å². The average molecular weight is 267 g/mol. The maximum atomic E-state index is 11.4. The summed E-state index contributed by atoms with van der Waals surface area (Å²) in [6.07, 6.45) is 1.86. The minimum atomic E-state index is -0.929. The highest BCUT2D eigenvalue weighted by molar-refractivity contribution is 7.99. The normalized spacial score (nSPS) is 11.1. The molecule has 0 fully saturated rings. The second-order valence-electron chi connectivity index (χ2n) is 4.49. The number of hydrogen-bond acceptors (Lipinski definition) is 3. The van der Waals surface area contributed by atoms with Crippen molar-refractivity contribution in [2.24, 2.45) is 0 Å². The van der Waals surface area contributed by atoms with Gasteiger partial charge in [0, 0.05) is 5.69 Å². The van der Waals surface area contributed by atoms with Crippen LogP contribution in [-0.2, 0) is 15.0 Å². The Hall–Kier alpha value is -1.49. The molecule has 1 aromatic carbocycles. The Bertz CT molecular complexity index is 440. The lowest BCUT2D eigenvalue weighted by Crippen LogP contribution is -2.28. The van der Waals surface area contributed by atoms with Gasteiger partial charge in [-0.3, -0.25) is 9.59 Å². The minimum Gasteiger partial charge on any atom is -0.481 e. The van der Waals surface area contributed by atoms with Gasteiger partial charge in [0.15, 0.2) is 0 Å². The van der Waals surface area contributed by atoms with Crippen molar-refractivity contribution < 1.29 is 14.7 Å². The molecule has 0 spiro atoms. The zero-order valence-electron chi connectivity index (χ0n) is 10.7. The van der Waals surface area contributed by atoms with Gasteiger partial charge in [-0.15, -0.1) is 0 Å². The van der Waals surface area contributed by atoms with E-state index in [1.54, 1.807) is 38.1 Å². The number of carbonyl (C=O) groups is 2. The van der Waals surface area contributed by atoms with Crippen molar-refractivity contribution in [2.75, 3.05) is 17.3 Å². The zero-order valence-corrected chi connectivity index (χ0v) is 11.5. The third-order valence-electron chi connectivity index (χ3n) is 2.70. The molecule has 98 valence electrons. The van der Waals surface area contributed by atoms with Crippen molar-refractivity contribution in [3.8, 4) is 0 Å². The number of thioether (sulfide) groups is 1. The highest BCUT2D eigenvalue weighted by atomic mass is 32.2. The average Bonchev–Trinajstić information content (AvgIpc) is 2.29. The Labute approximate surface area is 111 Å². The highest BCUT2D eigenvalue weighted by Gasteiger charge is 2.29. The van der Waals surface area contributed by atoms with Gasteiger partial charge in [0.25, 0.3) is 0 Å². The monoisotopic (exact) mass is 267 g/mol. The van der Waals surface area contributed by atoms with Crippen LogP contribution >= 0.6 is 11.8 Å². The number of nitrogens with one attached hydrogen (secondary N) is 1. The van der Waals surface area contributed by atoms with Gasteiger partial charge in [0.05, 0.1) is 11.2 Å². The standard InChI is InChI=1S/C13H17NO3S/c1-13(2,12(16)17)9-4-6-10(7-5-9)14-11(15)8-18-3/h4-7H,8H2,1-3H3,(H,14,15)(H,16,17). The minimum absolute atomic E-state index is 0.0623. The lowest BCUT2D eigenvalue weighted by atomic mass is 9.85. The summed E-state index contributed by atoms with van der Waals surface area (Å²) in [6, 6.07) is 6.89.